The van der Waals surface area contributed by atoms with Crippen molar-refractivity contribution in [3.63, 3.8) is 0 Å². The van der Waals surface area contributed by atoms with Gasteiger partial charge in [-0.05, 0) is 37.1 Å². The number of pyridine rings is 1. The van der Waals surface area contributed by atoms with Gasteiger partial charge in [0.2, 0.25) is 5.88 Å². The topological polar surface area (TPSA) is 48.1 Å². The molecule has 1 aromatic carbocycles. The fourth-order valence-corrected chi connectivity index (χ4v) is 1.58. The van der Waals surface area contributed by atoms with Gasteiger partial charge in [-0.25, -0.2) is 9.37 Å². The lowest BCUT2D eigenvalue weighted by molar-refractivity contribution is 0.424. The average molecular weight is 246 g/mol. The van der Waals surface area contributed by atoms with Gasteiger partial charge in [0, 0.05) is 18.3 Å². The highest BCUT2D eigenvalue weighted by Gasteiger charge is 2.08. The van der Waals surface area contributed by atoms with Gasteiger partial charge in [0.25, 0.3) is 0 Å². The molecule has 1 heterocycles. The van der Waals surface area contributed by atoms with E-state index in [1.54, 1.807) is 37.4 Å². The van der Waals surface area contributed by atoms with Gasteiger partial charge in [0.15, 0.2) is 11.6 Å². The molecule has 0 aliphatic heterocycles. The van der Waals surface area contributed by atoms with E-state index in [-0.39, 0.29) is 17.6 Å². The number of hydrogen-bond acceptors (Lipinski definition) is 3. The summed E-state index contributed by atoms with van der Waals surface area (Å²) < 4.78 is 19.2. The van der Waals surface area contributed by atoms with Crippen molar-refractivity contribution in [3.8, 4) is 11.6 Å². The van der Waals surface area contributed by atoms with Crippen molar-refractivity contribution in [2.45, 2.75) is 19.9 Å². The lowest BCUT2D eigenvalue weighted by Crippen LogP contribution is -2.05. The maximum absolute atomic E-state index is 13.8. The smallest absolute Gasteiger partial charge is 0.219 e. The van der Waals surface area contributed by atoms with Crippen molar-refractivity contribution in [2.75, 3.05) is 0 Å². The Bertz CT molecular complexity index is 555. The Morgan fingerprint density at radius 3 is 2.83 bits per heavy atom. The number of aryl methyl sites for hydroxylation is 1. The molecule has 1 atom stereocenters. The summed E-state index contributed by atoms with van der Waals surface area (Å²) in [6, 6.07) is 8.41. The van der Waals surface area contributed by atoms with Crippen LogP contribution in [0.5, 0.6) is 11.6 Å². The monoisotopic (exact) mass is 246 g/mol. The van der Waals surface area contributed by atoms with E-state index in [2.05, 4.69) is 4.98 Å². The van der Waals surface area contributed by atoms with E-state index in [4.69, 9.17) is 10.5 Å². The van der Waals surface area contributed by atoms with E-state index in [0.717, 1.165) is 5.56 Å². The van der Waals surface area contributed by atoms with Crippen molar-refractivity contribution in [2.24, 2.45) is 5.73 Å². The number of halogens is 1. The van der Waals surface area contributed by atoms with Crippen molar-refractivity contribution in [3.05, 3.63) is 53.5 Å². The zero-order valence-corrected chi connectivity index (χ0v) is 10.4. The molecule has 0 unspecified atom stereocenters. The molecule has 2 rings (SSSR count). The van der Waals surface area contributed by atoms with E-state index >= 15 is 0 Å². The molecule has 0 spiro atoms. The zero-order valence-electron chi connectivity index (χ0n) is 10.4. The fourth-order valence-electron chi connectivity index (χ4n) is 1.58. The van der Waals surface area contributed by atoms with Gasteiger partial charge >= 0.3 is 0 Å². The normalized spacial score (nSPS) is 12.2. The SMILES string of the molecule is Cc1cccc(Oc2cc([C@H](C)N)ccn2)c1F. The molecule has 0 aliphatic carbocycles. The molecule has 0 saturated heterocycles. The summed E-state index contributed by atoms with van der Waals surface area (Å²) in [7, 11) is 0. The summed E-state index contributed by atoms with van der Waals surface area (Å²) >= 11 is 0. The first kappa shape index (κ1) is 12.5. The second kappa shape index (κ2) is 5.14. The maximum Gasteiger partial charge on any atom is 0.219 e. The van der Waals surface area contributed by atoms with E-state index in [1.165, 1.54) is 0 Å². The molecule has 4 heteroatoms. The number of benzene rings is 1. The molecule has 18 heavy (non-hydrogen) atoms. The molecule has 1 aromatic heterocycles. The molecule has 0 aliphatic rings. The molecule has 0 amide bonds. The molecule has 3 nitrogen and oxygen atoms in total. The van der Waals surface area contributed by atoms with Crippen LogP contribution < -0.4 is 10.5 Å². The zero-order chi connectivity index (χ0) is 13.1. The number of rotatable bonds is 3. The van der Waals surface area contributed by atoms with Crippen LogP contribution in [0.1, 0.15) is 24.1 Å². The molecule has 2 aromatic rings. The number of aromatic nitrogens is 1. The molecular formula is C14H15FN2O. The molecule has 0 radical (unpaired) electrons. The minimum absolute atomic E-state index is 0.113. The first-order valence-electron chi connectivity index (χ1n) is 5.72. The molecule has 0 saturated carbocycles. The van der Waals surface area contributed by atoms with Crippen LogP contribution in [0.4, 0.5) is 4.39 Å². The minimum atomic E-state index is -0.370. The van der Waals surface area contributed by atoms with E-state index in [9.17, 15) is 4.39 Å². The Morgan fingerprint density at radius 2 is 2.11 bits per heavy atom. The number of hydrogen-bond donors (Lipinski definition) is 1. The van der Waals surface area contributed by atoms with Crippen LogP contribution >= 0.6 is 0 Å². The second-order valence-electron chi connectivity index (χ2n) is 4.21. The quantitative estimate of drug-likeness (QED) is 0.903. The van der Waals surface area contributed by atoms with Crippen molar-refractivity contribution >= 4 is 0 Å². The first-order valence-corrected chi connectivity index (χ1v) is 5.72. The van der Waals surface area contributed by atoms with Gasteiger partial charge in [-0.15, -0.1) is 0 Å². The number of nitrogens with zero attached hydrogens (tertiary/aromatic N) is 1. The van der Waals surface area contributed by atoms with Crippen molar-refractivity contribution in [1.29, 1.82) is 0 Å². The van der Waals surface area contributed by atoms with Gasteiger partial charge in [0.05, 0.1) is 0 Å². The van der Waals surface area contributed by atoms with Crippen LogP contribution in [0.2, 0.25) is 0 Å². The number of ether oxygens (including phenoxy) is 1. The highest BCUT2D eigenvalue weighted by molar-refractivity contribution is 5.34. The predicted molar refractivity (Wildman–Crippen MR) is 68.1 cm³/mol. The van der Waals surface area contributed by atoms with E-state index < -0.39 is 0 Å². The Labute approximate surface area is 105 Å². The highest BCUT2D eigenvalue weighted by atomic mass is 19.1. The number of nitrogens with two attached hydrogens (primary N) is 1. The maximum atomic E-state index is 13.8. The van der Waals surface area contributed by atoms with Crippen LogP contribution in [0.15, 0.2) is 36.5 Å². The highest BCUT2D eigenvalue weighted by Crippen LogP contribution is 2.25. The molecule has 2 N–H and O–H groups in total. The van der Waals surface area contributed by atoms with Crippen LogP contribution in [-0.4, -0.2) is 4.98 Å². The van der Waals surface area contributed by atoms with Crippen molar-refractivity contribution < 1.29 is 9.13 Å². The summed E-state index contributed by atoms with van der Waals surface area (Å²) in [6.45, 7) is 3.56. The van der Waals surface area contributed by atoms with E-state index in [1.807, 2.05) is 13.0 Å². The lowest BCUT2D eigenvalue weighted by atomic mass is 10.1. The Balaban J connectivity index is 2.28. The van der Waals surface area contributed by atoms with Crippen molar-refractivity contribution in [1.82, 2.24) is 4.98 Å². The third kappa shape index (κ3) is 2.65. The minimum Gasteiger partial charge on any atom is -0.436 e. The largest absolute Gasteiger partial charge is 0.436 e. The summed E-state index contributed by atoms with van der Waals surface area (Å²) in [5.41, 5.74) is 7.21. The summed E-state index contributed by atoms with van der Waals surface area (Å²) in [5, 5.41) is 0. The van der Waals surface area contributed by atoms with Crippen LogP contribution in [-0.2, 0) is 0 Å². The standard InChI is InChI=1S/C14H15FN2O/c1-9-4-3-5-12(14(9)15)18-13-8-11(10(2)16)6-7-17-13/h3-8,10H,16H2,1-2H3/t10-/m0/s1. The summed E-state index contributed by atoms with van der Waals surface area (Å²) in [4.78, 5) is 4.04. The third-order valence-electron chi connectivity index (χ3n) is 2.66. The molecular weight excluding hydrogens is 231 g/mol. The van der Waals surface area contributed by atoms with Crippen LogP contribution in [0.25, 0.3) is 0 Å². The third-order valence-corrected chi connectivity index (χ3v) is 2.66. The molecule has 0 fully saturated rings. The first-order chi connectivity index (χ1) is 8.58. The average Bonchev–Trinajstić information content (AvgIpc) is 2.35. The van der Waals surface area contributed by atoms with Gasteiger partial charge in [0.1, 0.15) is 0 Å². The van der Waals surface area contributed by atoms with Crippen LogP contribution in [0.3, 0.4) is 0 Å². The summed E-state index contributed by atoms with van der Waals surface area (Å²) in [6.07, 6.45) is 1.60. The summed E-state index contributed by atoms with van der Waals surface area (Å²) in [5.74, 6) is 0.143. The van der Waals surface area contributed by atoms with Gasteiger partial charge in [-0.3, -0.25) is 0 Å². The van der Waals surface area contributed by atoms with Gasteiger partial charge < -0.3 is 10.5 Å². The lowest BCUT2D eigenvalue weighted by Gasteiger charge is -2.10. The molecule has 0 bridgehead atoms. The van der Waals surface area contributed by atoms with E-state index in [0.29, 0.717) is 11.4 Å². The Hall–Kier alpha value is -1.94. The predicted octanol–water partition coefficient (Wildman–Crippen LogP) is 3.34. The van der Waals surface area contributed by atoms with Gasteiger partial charge in [-0.1, -0.05) is 12.1 Å². The Kier molecular flexibility index (Phi) is 3.58. The Morgan fingerprint density at radius 1 is 1.33 bits per heavy atom. The van der Waals surface area contributed by atoms with Crippen LogP contribution in [0, 0.1) is 12.7 Å². The second-order valence-corrected chi connectivity index (χ2v) is 4.21. The fraction of sp³-hybridized carbons (Fsp3) is 0.214. The van der Waals surface area contributed by atoms with Gasteiger partial charge in [-0.2, -0.15) is 0 Å². The molecule has 94 valence electrons.